The predicted octanol–water partition coefficient (Wildman–Crippen LogP) is 3.89. The molecule has 1 saturated heterocycles. The summed E-state index contributed by atoms with van der Waals surface area (Å²) in [6.07, 6.45) is 8.32. The van der Waals surface area contributed by atoms with E-state index >= 15 is 0 Å². The number of anilines is 1. The Labute approximate surface area is 121 Å². The molecule has 3 rings (SSSR count). The molecule has 1 aromatic heterocycles. The van der Waals surface area contributed by atoms with Crippen LogP contribution in [0.2, 0.25) is 0 Å². The molecule has 1 aromatic rings. The van der Waals surface area contributed by atoms with Gasteiger partial charge >= 0.3 is 0 Å². The van der Waals surface area contributed by atoms with E-state index in [1.54, 1.807) is 0 Å². The molecule has 1 aliphatic carbocycles. The summed E-state index contributed by atoms with van der Waals surface area (Å²) >= 11 is 1.81. The van der Waals surface area contributed by atoms with Crippen molar-refractivity contribution in [3.05, 3.63) is 16.8 Å². The smallest absolute Gasteiger partial charge is 0.0475 e. The van der Waals surface area contributed by atoms with Gasteiger partial charge in [-0.05, 0) is 36.6 Å². The van der Waals surface area contributed by atoms with Crippen LogP contribution in [0.1, 0.15) is 45.4 Å². The largest absolute Gasteiger partial charge is 0.369 e. The van der Waals surface area contributed by atoms with Crippen molar-refractivity contribution in [2.75, 3.05) is 18.0 Å². The summed E-state index contributed by atoms with van der Waals surface area (Å²) in [6, 6.07) is 3.77. The third kappa shape index (κ3) is 3.32. The van der Waals surface area contributed by atoms with Gasteiger partial charge in [0.2, 0.25) is 0 Å². The number of nitrogens with zero attached hydrogens (tertiary/aromatic N) is 1. The maximum atomic E-state index is 3.94. The minimum Gasteiger partial charge on any atom is -0.369 e. The molecular formula is C16H26N2S. The minimum absolute atomic E-state index is 0.696. The highest BCUT2D eigenvalue weighted by Gasteiger charge is 2.28. The molecule has 3 heteroatoms. The van der Waals surface area contributed by atoms with Gasteiger partial charge in [0.25, 0.3) is 0 Å². The van der Waals surface area contributed by atoms with Gasteiger partial charge in [-0.15, -0.1) is 0 Å². The van der Waals surface area contributed by atoms with E-state index in [-0.39, 0.29) is 0 Å². The summed E-state index contributed by atoms with van der Waals surface area (Å²) in [5.41, 5.74) is 1.43. The van der Waals surface area contributed by atoms with E-state index in [4.69, 9.17) is 0 Å². The summed E-state index contributed by atoms with van der Waals surface area (Å²) in [4.78, 5) is 2.60. The van der Waals surface area contributed by atoms with E-state index < -0.39 is 0 Å². The first kappa shape index (κ1) is 13.4. The topological polar surface area (TPSA) is 15.3 Å². The molecule has 2 atom stereocenters. The lowest BCUT2D eigenvalue weighted by Crippen LogP contribution is -2.51. The molecule has 1 saturated carbocycles. The molecule has 2 heterocycles. The second kappa shape index (κ2) is 6.27. The molecule has 0 radical (unpaired) electrons. The van der Waals surface area contributed by atoms with Crippen LogP contribution in [0.4, 0.5) is 5.69 Å². The first-order valence-electron chi connectivity index (χ1n) is 7.88. The lowest BCUT2D eigenvalue weighted by molar-refractivity contribution is 0.304. The molecule has 0 aromatic carbocycles. The van der Waals surface area contributed by atoms with Crippen LogP contribution in [0.3, 0.4) is 0 Å². The SMILES string of the molecule is CCC1CC(NC2CCCC2)CN(c2ccsc2)C1. The minimum atomic E-state index is 0.696. The number of piperidine rings is 1. The molecule has 0 spiro atoms. The monoisotopic (exact) mass is 278 g/mol. The molecule has 2 nitrogen and oxygen atoms in total. The number of thiophene rings is 1. The van der Waals surface area contributed by atoms with Crippen molar-refractivity contribution in [2.24, 2.45) is 5.92 Å². The molecule has 2 unspecified atom stereocenters. The number of rotatable bonds is 4. The van der Waals surface area contributed by atoms with Crippen molar-refractivity contribution in [3.8, 4) is 0 Å². The van der Waals surface area contributed by atoms with Crippen molar-refractivity contribution in [1.82, 2.24) is 5.32 Å². The standard InChI is InChI=1S/C16H26N2S/c1-2-13-9-15(17-14-5-3-4-6-14)11-18(10-13)16-7-8-19-12-16/h7-8,12-15,17H,2-6,9-11H2,1H3. The third-order valence-electron chi connectivity index (χ3n) is 4.81. The van der Waals surface area contributed by atoms with E-state index in [0.29, 0.717) is 6.04 Å². The van der Waals surface area contributed by atoms with Gasteiger partial charge in [-0.2, -0.15) is 11.3 Å². The van der Waals surface area contributed by atoms with Crippen LogP contribution in [-0.4, -0.2) is 25.2 Å². The van der Waals surface area contributed by atoms with Crippen molar-refractivity contribution in [1.29, 1.82) is 0 Å². The van der Waals surface area contributed by atoms with Crippen LogP contribution in [0.15, 0.2) is 16.8 Å². The van der Waals surface area contributed by atoms with Crippen molar-refractivity contribution in [3.63, 3.8) is 0 Å². The van der Waals surface area contributed by atoms with Crippen molar-refractivity contribution in [2.45, 2.75) is 57.5 Å². The fourth-order valence-electron chi connectivity index (χ4n) is 3.69. The molecule has 19 heavy (non-hydrogen) atoms. The second-order valence-electron chi connectivity index (χ2n) is 6.24. The van der Waals surface area contributed by atoms with Gasteiger partial charge in [-0.3, -0.25) is 0 Å². The van der Waals surface area contributed by atoms with E-state index in [1.165, 1.54) is 57.3 Å². The van der Waals surface area contributed by atoms with Crippen LogP contribution >= 0.6 is 11.3 Å². The van der Waals surface area contributed by atoms with Gasteiger partial charge in [0.1, 0.15) is 0 Å². The van der Waals surface area contributed by atoms with Crippen LogP contribution in [0, 0.1) is 5.92 Å². The average Bonchev–Trinajstić information content (AvgIpc) is 3.11. The zero-order valence-electron chi connectivity index (χ0n) is 12.0. The molecule has 106 valence electrons. The second-order valence-corrected chi connectivity index (χ2v) is 7.02. The third-order valence-corrected chi connectivity index (χ3v) is 5.48. The Morgan fingerprint density at radius 3 is 2.79 bits per heavy atom. The number of nitrogens with one attached hydrogen (secondary N) is 1. The fourth-order valence-corrected chi connectivity index (χ4v) is 4.36. The maximum Gasteiger partial charge on any atom is 0.0475 e. The Hall–Kier alpha value is -0.540. The van der Waals surface area contributed by atoms with Crippen LogP contribution in [0.25, 0.3) is 0 Å². The normalized spacial score (nSPS) is 29.0. The molecule has 1 N–H and O–H groups in total. The number of hydrogen-bond donors (Lipinski definition) is 1. The first-order chi connectivity index (χ1) is 9.35. The maximum absolute atomic E-state index is 3.94. The highest BCUT2D eigenvalue weighted by molar-refractivity contribution is 7.08. The number of hydrogen-bond acceptors (Lipinski definition) is 3. The van der Waals surface area contributed by atoms with E-state index in [9.17, 15) is 0 Å². The zero-order chi connectivity index (χ0) is 13.1. The predicted molar refractivity (Wildman–Crippen MR) is 84.1 cm³/mol. The van der Waals surface area contributed by atoms with Gasteiger partial charge in [-0.25, -0.2) is 0 Å². The van der Waals surface area contributed by atoms with Gasteiger partial charge < -0.3 is 10.2 Å². The summed E-state index contributed by atoms with van der Waals surface area (Å²) in [7, 11) is 0. The molecule has 2 aliphatic rings. The lowest BCUT2D eigenvalue weighted by atomic mass is 9.91. The Morgan fingerprint density at radius 2 is 2.11 bits per heavy atom. The molecule has 0 bridgehead atoms. The average molecular weight is 278 g/mol. The van der Waals surface area contributed by atoms with Gasteiger partial charge in [-0.1, -0.05) is 26.2 Å². The Bertz CT molecular complexity index is 370. The quantitative estimate of drug-likeness (QED) is 0.899. The highest BCUT2D eigenvalue weighted by atomic mass is 32.1. The van der Waals surface area contributed by atoms with Crippen LogP contribution in [-0.2, 0) is 0 Å². The highest BCUT2D eigenvalue weighted by Crippen LogP contribution is 2.28. The van der Waals surface area contributed by atoms with E-state index in [0.717, 1.165) is 12.0 Å². The van der Waals surface area contributed by atoms with E-state index in [2.05, 4.69) is 34.0 Å². The lowest BCUT2D eigenvalue weighted by Gasteiger charge is -2.40. The Morgan fingerprint density at radius 1 is 1.26 bits per heavy atom. The summed E-state index contributed by atoms with van der Waals surface area (Å²) in [5.74, 6) is 0.854. The molecule has 1 aliphatic heterocycles. The van der Waals surface area contributed by atoms with Crippen molar-refractivity contribution < 1.29 is 0 Å². The molecular weight excluding hydrogens is 252 g/mol. The van der Waals surface area contributed by atoms with Crippen LogP contribution in [0.5, 0.6) is 0 Å². The van der Waals surface area contributed by atoms with Crippen molar-refractivity contribution >= 4 is 17.0 Å². The Balaban J connectivity index is 1.63. The summed E-state index contributed by atoms with van der Waals surface area (Å²) < 4.78 is 0. The summed E-state index contributed by atoms with van der Waals surface area (Å²) in [5, 5.41) is 8.43. The fraction of sp³-hybridized carbons (Fsp3) is 0.750. The van der Waals surface area contributed by atoms with Crippen LogP contribution < -0.4 is 10.2 Å². The van der Waals surface area contributed by atoms with E-state index in [1.807, 2.05) is 11.3 Å². The van der Waals surface area contributed by atoms with Gasteiger partial charge in [0, 0.05) is 36.2 Å². The summed E-state index contributed by atoms with van der Waals surface area (Å²) in [6.45, 7) is 4.79. The zero-order valence-corrected chi connectivity index (χ0v) is 12.8. The van der Waals surface area contributed by atoms with Gasteiger partial charge in [0.15, 0.2) is 0 Å². The Kier molecular flexibility index (Phi) is 4.44. The molecule has 0 amide bonds. The first-order valence-corrected chi connectivity index (χ1v) is 8.82. The van der Waals surface area contributed by atoms with Gasteiger partial charge in [0.05, 0.1) is 0 Å². The molecule has 2 fully saturated rings.